The fraction of sp³-hybridized carbons (Fsp3) is 0.143. The number of sulfone groups is 1. The number of rotatable bonds is 3. The summed E-state index contributed by atoms with van der Waals surface area (Å²) >= 11 is 0. The van der Waals surface area contributed by atoms with Crippen LogP contribution in [0, 0.1) is 6.92 Å². The Balaban J connectivity index is 1.58. The summed E-state index contributed by atoms with van der Waals surface area (Å²) in [5.41, 5.74) is 5.14. The fourth-order valence-corrected chi connectivity index (χ4v) is 5.92. The minimum atomic E-state index is -3.26. The SMILES string of the molecule is Cc1cc2n3c(c[nH]c(=O)c13)CN(C(=O)c1ccc3ccccc3c1)c1ccc(CS(C)(=O)=O)cc1-2. The van der Waals surface area contributed by atoms with E-state index in [1.807, 2.05) is 65.9 Å². The molecule has 0 bridgehead atoms. The Morgan fingerprint density at radius 2 is 1.78 bits per heavy atom. The van der Waals surface area contributed by atoms with Gasteiger partial charge in [-0.05, 0) is 59.2 Å². The van der Waals surface area contributed by atoms with E-state index in [0.29, 0.717) is 27.9 Å². The summed E-state index contributed by atoms with van der Waals surface area (Å²) in [6.45, 7) is 2.11. The predicted octanol–water partition coefficient (Wildman–Crippen LogP) is 4.46. The van der Waals surface area contributed by atoms with E-state index in [1.54, 1.807) is 23.2 Å². The predicted molar refractivity (Wildman–Crippen MR) is 141 cm³/mol. The monoisotopic (exact) mass is 497 g/mol. The van der Waals surface area contributed by atoms with Crippen LogP contribution in [0.4, 0.5) is 5.69 Å². The summed E-state index contributed by atoms with van der Waals surface area (Å²) in [5, 5.41) is 2.01. The molecule has 1 aliphatic rings. The maximum absolute atomic E-state index is 13.9. The summed E-state index contributed by atoms with van der Waals surface area (Å²) in [6.07, 6.45) is 2.84. The van der Waals surface area contributed by atoms with Gasteiger partial charge in [0.15, 0.2) is 9.84 Å². The lowest BCUT2D eigenvalue weighted by Gasteiger charge is -2.24. The number of anilines is 1. The van der Waals surface area contributed by atoms with Crippen LogP contribution in [0.15, 0.2) is 77.7 Å². The molecule has 7 nitrogen and oxygen atoms in total. The first-order chi connectivity index (χ1) is 17.2. The molecular weight excluding hydrogens is 474 g/mol. The van der Waals surface area contributed by atoms with Crippen LogP contribution < -0.4 is 10.5 Å². The van der Waals surface area contributed by atoms with Crippen LogP contribution >= 0.6 is 0 Å². The van der Waals surface area contributed by atoms with Crippen LogP contribution in [-0.2, 0) is 22.1 Å². The van der Waals surface area contributed by atoms with Crippen LogP contribution in [0.2, 0.25) is 0 Å². The summed E-state index contributed by atoms with van der Waals surface area (Å²) in [6, 6.07) is 20.8. The summed E-state index contributed by atoms with van der Waals surface area (Å²) in [7, 11) is -3.26. The van der Waals surface area contributed by atoms with Gasteiger partial charge in [0.2, 0.25) is 0 Å². The van der Waals surface area contributed by atoms with Crippen molar-refractivity contribution in [2.75, 3.05) is 11.2 Å². The smallest absolute Gasteiger partial charge is 0.272 e. The van der Waals surface area contributed by atoms with E-state index in [9.17, 15) is 18.0 Å². The number of hydrogen-bond acceptors (Lipinski definition) is 4. The molecule has 0 unspecified atom stereocenters. The normalized spacial score (nSPS) is 13.1. The number of carbonyl (C=O) groups excluding carboxylic acids is 1. The van der Waals surface area contributed by atoms with Crippen LogP contribution in [0.1, 0.15) is 27.2 Å². The Kier molecular flexibility index (Phi) is 4.91. The molecule has 36 heavy (non-hydrogen) atoms. The molecule has 0 fully saturated rings. The van der Waals surface area contributed by atoms with Crippen molar-refractivity contribution < 1.29 is 13.2 Å². The van der Waals surface area contributed by atoms with Gasteiger partial charge in [0.25, 0.3) is 11.5 Å². The largest absolute Gasteiger partial charge is 0.325 e. The van der Waals surface area contributed by atoms with Crippen LogP contribution in [0.3, 0.4) is 0 Å². The number of nitrogens with zero attached hydrogens (tertiary/aromatic N) is 2. The van der Waals surface area contributed by atoms with Gasteiger partial charge in [-0.3, -0.25) is 9.59 Å². The number of fused-ring (bicyclic) bond motifs is 3. The molecule has 3 aromatic carbocycles. The molecule has 5 aromatic rings. The zero-order chi connectivity index (χ0) is 25.2. The Labute approximate surface area is 207 Å². The second-order valence-corrected chi connectivity index (χ2v) is 11.5. The first-order valence-electron chi connectivity index (χ1n) is 11.5. The second kappa shape index (κ2) is 7.93. The Bertz CT molecular complexity index is 1880. The summed E-state index contributed by atoms with van der Waals surface area (Å²) in [4.78, 5) is 31.2. The number of aromatic nitrogens is 2. The molecule has 3 heterocycles. The Morgan fingerprint density at radius 1 is 1.00 bits per heavy atom. The molecule has 6 rings (SSSR count). The molecule has 8 heteroatoms. The number of benzene rings is 3. The molecule has 0 radical (unpaired) electrons. The maximum atomic E-state index is 13.9. The molecule has 1 N–H and O–H groups in total. The number of hydrogen-bond donors (Lipinski definition) is 1. The van der Waals surface area contributed by atoms with E-state index in [1.165, 1.54) is 6.26 Å². The molecule has 0 saturated carbocycles. The van der Waals surface area contributed by atoms with Gasteiger partial charge in [0.1, 0.15) is 5.52 Å². The zero-order valence-electron chi connectivity index (χ0n) is 19.8. The highest BCUT2D eigenvalue weighted by molar-refractivity contribution is 7.89. The van der Waals surface area contributed by atoms with Gasteiger partial charge in [-0.1, -0.05) is 36.4 Å². The second-order valence-electron chi connectivity index (χ2n) is 9.38. The van der Waals surface area contributed by atoms with E-state index >= 15 is 0 Å². The topological polar surface area (TPSA) is 91.7 Å². The summed E-state index contributed by atoms with van der Waals surface area (Å²) < 4.78 is 25.9. The molecule has 0 atom stereocenters. The number of nitrogens with one attached hydrogen (secondary N) is 1. The molecule has 180 valence electrons. The van der Waals surface area contributed by atoms with Crippen LogP contribution in [0.5, 0.6) is 0 Å². The standard InChI is InChI=1S/C28H23N3O4S/c1-17-11-25-23-12-18(16-36(2,34)35)7-10-24(23)30(15-22-14-29-27(32)26(17)31(22)25)28(33)21-9-8-19-5-3-4-6-20(19)13-21/h3-14H,15-16H2,1-2H3,(H,29,32). The van der Waals surface area contributed by atoms with Crippen molar-refractivity contribution in [2.45, 2.75) is 19.2 Å². The molecule has 0 aliphatic carbocycles. The highest BCUT2D eigenvalue weighted by atomic mass is 32.2. The third-order valence-corrected chi connectivity index (χ3v) is 7.54. The molecule has 1 amide bonds. The van der Waals surface area contributed by atoms with Gasteiger partial charge >= 0.3 is 0 Å². The fourth-order valence-electron chi connectivity index (χ4n) is 5.13. The molecule has 0 saturated heterocycles. The van der Waals surface area contributed by atoms with Gasteiger partial charge in [-0.25, -0.2) is 8.42 Å². The van der Waals surface area contributed by atoms with Gasteiger partial charge in [0.05, 0.1) is 29.4 Å². The van der Waals surface area contributed by atoms with Crippen LogP contribution in [-0.4, -0.2) is 30.0 Å². The number of amides is 1. The number of H-pyrrole nitrogens is 1. The maximum Gasteiger partial charge on any atom is 0.272 e. The highest BCUT2D eigenvalue weighted by Gasteiger charge is 2.29. The molecule has 2 aromatic heterocycles. The first-order valence-corrected chi connectivity index (χ1v) is 13.6. The summed E-state index contributed by atoms with van der Waals surface area (Å²) in [5.74, 6) is -0.297. The number of aromatic amines is 1. The molecule has 0 spiro atoms. The van der Waals surface area contributed by atoms with E-state index in [4.69, 9.17) is 0 Å². The minimum Gasteiger partial charge on any atom is -0.325 e. The number of carbonyl (C=O) groups is 1. The average molecular weight is 498 g/mol. The van der Waals surface area contributed by atoms with Gasteiger partial charge in [0, 0.05) is 23.6 Å². The van der Waals surface area contributed by atoms with Crippen molar-refractivity contribution in [1.29, 1.82) is 0 Å². The van der Waals surface area contributed by atoms with Crippen molar-refractivity contribution in [3.8, 4) is 11.3 Å². The van der Waals surface area contributed by atoms with Crippen molar-refractivity contribution in [3.63, 3.8) is 0 Å². The van der Waals surface area contributed by atoms with Crippen molar-refractivity contribution in [3.05, 3.63) is 106 Å². The highest BCUT2D eigenvalue weighted by Crippen LogP contribution is 2.39. The van der Waals surface area contributed by atoms with E-state index in [2.05, 4.69) is 4.98 Å². The number of aryl methyl sites for hydroxylation is 1. The van der Waals surface area contributed by atoms with Crippen molar-refractivity contribution in [1.82, 2.24) is 9.38 Å². The third-order valence-electron chi connectivity index (χ3n) is 6.68. The van der Waals surface area contributed by atoms with Crippen molar-refractivity contribution in [2.24, 2.45) is 0 Å². The zero-order valence-corrected chi connectivity index (χ0v) is 20.6. The van der Waals surface area contributed by atoms with Gasteiger partial charge in [-0.15, -0.1) is 0 Å². The van der Waals surface area contributed by atoms with E-state index in [0.717, 1.165) is 27.7 Å². The quantitative estimate of drug-likeness (QED) is 0.398. The Hall–Kier alpha value is -4.17. The lowest BCUT2D eigenvalue weighted by Crippen LogP contribution is -2.31. The lowest BCUT2D eigenvalue weighted by molar-refractivity contribution is 0.0985. The van der Waals surface area contributed by atoms with E-state index in [-0.39, 0.29) is 23.8 Å². The van der Waals surface area contributed by atoms with Crippen LogP contribution in [0.25, 0.3) is 27.5 Å². The molecular formula is C28H23N3O4S. The third kappa shape index (κ3) is 3.61. The minimum absolute atomic E-state index is 0.116. The lowest BCUT2D eigenvalue weighted by atomic mass is 10.0. The molecule has 1 aliphatic heterocycles. The first kappa shape index (κ1) is 22.3. The average Bonchev–Trinajstić information content (AvgIpc) is 3.14. The Morgan fingerprint density at radius 3 is 2.56 bits per heavy atom. The van der Waals surface area contributed by atoms with Crippen molar-refractivity contribution >= 4 is 37.7 Å². The van der Waals surface area contributed by atoms with E-state index < -0.39 is 9.84 Å². The van der Waals surface area contributed by atoms with Gasteiger partial charge < -0.3 is 14.3 Å². The van der Waals surface area contributed by atoms with Gasteiger partial charge in [-0.2, -0.15) is 0 Å².